The molecule has 0 aliphatic rings. The molecule has 3 N–H and O–H groups in total. The summed E-state index contributed by atoms with van der Waals surface area (Å²) in [6.07, 6.45) is -0.713. The molecule has 9 heteroatoms. The minimum absolute atomic E-state index is 0.322. The summed E-state index contributed by atoms with van der Waals surface area (Å²) < 4.78 is 40.6. The first-order chi connectivity index (χ1) is 13.3. The van der Waals surface area contributed by atoms with Gasteiger partial charge in [-0.2, -0.15) is 0 Å². The van der Waals surface area contributed by atoms with Crippen molar-refractivity contribution in [2.24, 2.45) is 4.99 Å². The number of aromatic nitrogens is 1. The largest absolute Gasteiger partial charge is 0.573 e. The summed E-state index contributed by atoms with van der Waals surface area (Å²) in [6.45, 7) is 5.28. The predicted molar refractivity (Wildman–Crippen MR) is 104 cm³/mol. The Bertz CT molecular complexity index is 875. The first-order valence-electron chi connectivity index (χ1n) is 8.03. The third-order valence-electron chi connectivity index (χ3n) is 3.35. The number of hydrogen-bond donors (Lipinski definition) is 3. The molecule has 0 aliphatic heterocycles. The highest BCUT2D eigenvalue weighted by Crippen LogP contribution is 2.24. The number of aliphatic imine (C=N–C) groups is 1. The average Bonchev–Trinajstić information content (AvgIpc) is 2.64. The van der Waals surface area contributed by atoms with Crippen LogP contribution in [0.5, 0.6) is 5.75 Å². The van der Waals surface area contributed by atoms with Crippen LogP contribution in [0.4, 0.5) is 24.7 Å². The summed E-state index contributed by atoms with van der Waals surface area (Å²) in [5.41, 5.74) is 1.48. The van der Waals surface area contributed by atoms with Crippen molar-refractivity contribution in [3.63, 3.8) is 0 Å². The van der Waals surface area contributed by atoms with Gasteiger partial charge in [0.1, 0.15) is 17.4 Å². The maximum atomic E-state index is 12.2. The molecule has 0 fully saturated rings. The van der Waals surface area contributed by atoms with Crippen molar-refractivity contribution in [1.82, 2.24) is 4.98 Å². The van der Waals surface area contributed by atoms with Gasteiger partial charge in [0.15, 0.2) is 0 Å². The molecule has 0 bridgehead atoms. The Kier molecular flexibility index (Phi) is 6.91. The zero-order valence-corrected chi connectivity index (χ0v) is 14.9. The fraction of sp³-hybridized carbons (Fsp3) is 0.105. The van der Waals surface area contributed by atoms with E-state index in [0.717, 1.165) is 6.21 Å². The molecule has 1 heterocycles. The molecule has 0 saturated heterocycles. The molecule has 6 nitrogen and oxygen atoms in total. The molecule has 2 aromatic rings. The van der Waals surface area contributed by atoms with Crippen LogP contribution in [-0.4, -0.2) is 23.4 Å². The van der Waals surface area contributed by atoms with Gasteiger partial charge in [0, 0.05) is 30.0 Å². The van der Waals surface area contributed by atoms with Crippen LogP contribution < -0.4 is 15.4 Å². The van der Waals surface area contributed by atoms with Gasteiger partial charge in [-0.1, -0.05) is 12.6 Å². The second-order valence-corrected chi connectivity index (χ2v) is 5.38. The van der Waals surface area contributed by atoms with E-state index in [1.807, 2.05) is 0 Å². The average molecular weight is 389 g/mol. The summed E-state index contributed by atoms with van der Waals surface area (Å²) in [6, 6.07) is 10.6. The maximum Gasteiger partial charge on any atom is 0.573 e. The van der Waals surface area contributed by atoms with Crippen molar-refractivity contribution < 1.29 is 17.9 Å². The molecular weight excluding hydrogens is 371 g/mol. The molecule has 0 saturated carbocycles. The Labute approximate surface area is 160 Å². The summed E-state index contributed by atoms with van der Waals surface area (Å²) in [5.74, 6) is 0.548. The number of halogens is 3. The van der Waals surface area contributed by atoms with Crippen molar-refractivity contribution in [1.29, 1.82) is 5.41 Å². The lowest BCUT2D eigenvalue weighted by Crippen LogP contribution is -2.19. The second kappa shape index (κ2) is 9.36. The first kappa shape index (κ1) is 20.7. The molecular formula is C19H18F3N5O. The third-order valence-corrected chi connectivity index (χ3v) is 3.35. The lowest BCUT2D eigenvalue weighted by molar-refractivity contribution is -0.274. The molecule has 28 heavy (non-hydrogen) atoms. The number of benzene rings is 1. The predicted octanol–water partition coefficient (Wildman–Crippen LogP) is 4.97. The summed E-state index contributed by atoms with van der Waals surface area (Å²) in [7, 11) is 0. The zero-order valence-electron chi connectivity index (χ0n) is 14.9. The van der Waals surface area contributed by atoms with E-state index < -0.39 is 6.36 Å². The van der Waals surface area contributed by atoms with E-state index in [-0.39, 0.29) is 5.75 Å². The Morgan fingerprint density at radius 3 is 2.43 bits per heavy atom. The van der Waals surface area contributed by atoms with Gasteiger partial charge in [0.05, 0.1) is 5.57 Å². The molecule has 0 unspecified atom stereocenters. The molecule has 0 amide bonds. The van der Waals surface area contributed by atoms with Crippen molar-refractivity contribution in [3.05, 3.63) is 72.7 Å². The van der Waals surface area contributed by atoms with Crippen LogP contribution in [0.3, 0.4) is 0 Å². The number of allylic oxidation sites excluding steroid dienone is 1. The van der Waals surface area contributed by atoms with Crippen LogP contribution in [0.1, 0.15) is 6.92 Å². The van der Waals surface area contributed by atoms with Gasteiger partial charge in [-0.15, -0.1) is 13.2 Å². The van der Waals surface area contributed by atoms with E-state index in [9.17, 15) is 13.2 Å². The summed E-state index contributed by atoms with van der Waals surface area (Å²) in [4.78, 5) is 8.29. The minimum Gasteiger partial charge on any atom is -0.406 e. The van der Waals surface area contributed by atoms with E-state index >= 15 is 0 Å². The van der Waals surface area contributed by atoms with Crippen LogP contribution >= 0.6 is 0 Å². The van der Waals surface area contributed by atoms with Crippen LogP contribution in [0.25, 0.3) is 0 Å². The van der Waals surface area contributed by atoms with Crippen molar-refractivity contribution in [2.45, 2.75) is 13.3 Å². The molecule has 0 radical (unpaired) electrons. The number of anilines is 2. The van der Waals surface area contributed by atoms with Gasteiger partial charge >= 0.3 is 6.36 Å². The van der Waals surface area contributed by atoms with Gasteiger partial charge in [0.25, 0.3) is 0 Å². The van der Waals surface area contributed by atoms with Gasteiger partial charge in [-0.3, -0.25) is 0 Å². The third kappa shape index (κ3) is 6.27. The van der Waals surface area contributed by atoms with Crippen molar-refractivity contribution >= 4 is 23.6 Å². The van der Waals surface area contributed by atoms with E-state index in [4.69, 9.17) is 5.41 Å². The maximum absolute atomic E-state index is 12.2. The van der Waals surface area contributed by atoms with E-state index in [1.54, 1.807) is 31.3 Å². The van der Waals surface area contributed by atoms with Gasteiger partial charge in [-0.05, 0) is 43.3 Å². The quantitative estimate of drug-likeness (QED) is 0.461. The van der Waals surface area contributed by atoms with Crippen LogP contribution in [0.15, 0.2) is 77.7 Å². The highest BCUT2D eigenvalue weighted by atomic mass is 19.4. The highest BCUT2D eigenvalue weighted by molar-refractivity contribution is 6.20. The lowest BCUT2D eigenvalue weighted by Gasteiger charge is -2.15. The zero-order chi connectivity index (χ0) is 20.6. The SMILES string of the molecule is C=C/N=C(Nc1ccccn1)\C(C=N)=C(/C)Nc1ccc(OC(F)(F)F)cc1. The number of hydrogen-bond acceptors (Lipinski definition) is 5. The number of amidine groups is 1. The topological polar surface area (TPSA) is 82.4 Å². The normalized spacial score (nSPS) is 12.6. The van der Waals surface area contributed by atoms with Crippen LogP contribution in [0.2, 0.25) is 0 Å². The Morgan fingerprint density at radius 1 is 1.18 bits per heavy atom. The fourth-order valence-corrected chi connectivity index (χ4v) is 2.20. The number of nitrogens with one attached hydrogen (secondary N) is 3. The van der Waals surface area contributed by atoms with Crippen LogP contribution in [0, 0.1) is 5.41 Å². The van der Waals surface area contributed by atoms with E-state index in [2.05, 4.69) is 31.9 Å². The molecule has 0 atom stereocenters. The lowest BCUT2D eigenvalue weighted by atomic mass is 10.2. The van der Waals surface area contributed by atoms with Crippen molar-refractivity contribution in [3.8, 4) is 5.75 Å². The van der Waals surface area contributed by atoms with Gasteiger partial charge in [0.2, 0.25) is 0 Å². The van der Waals surface area contributed by atoms with E-state index in [1.165, 1.54) is 30.5 Å². The highest BCUT2D eigenvalue weighted by Gasteiger charge is 2.30. The van der Waals surface area contributed by atoms with Gasteiger partial charge < -0.3 is 20.8 Å². The van der Waals surface area contributed by atoms with Crippen LogP contribution in [-0.2, 0) is 0 Å². The van der Waals surface area contributed by atoms with Gasteiger partial charge in [-0.25, -0.2) is 9.98 Å². The fourth-order valence-electron chi connectivity index (χ4n) is 2.20. The molecule has 146 valence electrons. The van der Waals surface area contributed by atoms with E-state index in [0.29, 0.717) is 28.6 Å². The molecule has 2 rings (SSSR count). The number of rotatable bonds is 7. The standard InChI is InChI=1S/C19H18F3N5O/c1-3-24-18(27-17-6-4-5-11-25-17)16(12-23)13(2)26-14-7-9-15(10-8-14)28-19(20,21)22/h3-12,23,26H,1H2,2H3,(H,24,25,27)/b16-13+,23-12?. The number of nitrogens with zero attached hydrogens (tertiary/aromatic N) is 2. The smallest absolute Gasteiger partial charge is 0.406 e. The molecule has 0 spiro atoms. The van der Waals surface area contributed by atoms with Crippen molar-refractivity contribution in [2.75, 3.05) is 10.6 Å². The number of alkyl halides is 3. The molecule has 0 aliphatic carbocycles. The minimum atomic E-state index is -4.74. The first-order valence-corrected chi connectivity index (χ1v) is 8.03. The summed E-state index contributed by atoms with van der Waals surface area (Å²) >= 11 is 0. The Balaban J connectivity index is 2.22. The molecule has 1 aromatic carbocycles. The summed E-state index contributed by atoms with van der Waals surface area (Å²) in [5, 5.41) is 13.7. The number of pyridine rings is 1. The Morgan fingerprint density at radius 2 is 1.89 bits per heavy atom. The number of ether oxygens (including phenoxy) is 1. The monoisotopic (exact) mass is 389 g/mol. The molecule has 1 aromatic heterocycles. The Hall–Kier alpha value is -3.62. The second-order valence-electron chi connectivity index (χ2n) is 5.38.